The van der Waals surface area contributed by atoms with E-state index in [1.54, 1.807) is 38.1 Å². The van der Waals surface area contributed by atoms with Gasteiger partial charge in [-0.25, -0.2) is 0 Å². The number of hydrogen-bond donors (Lipinski definition) is 3. The van der Waals surface area contributed by atoms with Gasteiger partial charge < -0.3 is 16.8 Å². The van der Waals surface area contributed by atoms with Crippen molar-refractivity contribution in [3.8, 4) is 0 Å². The molecule has 0 heterocycles. The van der Waals surface area contributed by atoms with Crippen molar-refractivity contribution in [2.24, 2.45) is 5.73 Å². The molecule has 0 saturated carbocycles. The van der Waals surface area contributed by atoms with Crippen LogP contribution in [0.4, 0.5) is 5.69 Å². The molecular formula is C12H17N3O2. The van der Waals surface area contributed by atoms with E-state index in [-0.39, 0.29) is 12.5 Å². The van der Waals surface area contributed by atoms with Crippen molar-refractivity contribution in [2.75, 3.05) is 12.3 Å². The molecule has 5 N–H and O–H groups in total. The van der Waals surface area contributed by atoms with Crippen LogP contribution in [0.2, 0.25) is 0 Å². The van der Waals surface area contributed by atoms with E-state index < -0.39 is 11.3 Å². The molecule has 92 valence electrons. The summed E-state index contributed by atoms with van der Waals surface area (Å²) >= 11 is 0. The first-order valence-corrected chi connectivity index (χ1v) is 5.26. The number of nitrogens with two attached hydrogens (primary N) is 2. The molecule has 2 amide bonds. The summed E-state index contributed by atoms with van der Waals surface area (Å²) in [4.78, 5) is 22.5. The highest BCUT2D eigenvalue weighted by molar-refractivity contribution is 5.90. The fraction of sp³-hybridized carbons (Fsp3) is 0.333. The Morgan fingerprint density at radius 1 is 1.24 bits per heavy atom. The van der Waals surface area contributed by atoms with Crippen molar-refractivity contribution in [1.82, 2.24) is 5.32 Å². The van der Waals surface area contributed by atoms with Crippen molar-refractivity contribution in [1.29, 1.82) is 0 Å². The van der Waals surface area contributed by atoms with Gasteiger partial charge in [-0.15, -0.1) is 0 Å². The summed E-state index contributed by atoms with van der Waals surface area (Å²) in [6, 6.07) is 7.05. The van der Waals surface area contributed by atoms with Crippen molar-refractivity contribution >= 4 is 17.5 Å². The summed E-state index contributed by atoms with van der Waals surface area (Å²) in [7, 11) is 0. The number of rotatable bonds is 4. The van der Waals surface area contributed by atoms with E-state index in [1.807, 2.05) is 0 Å². The van der Waals surface area contributed by atoms with E-state index in [4.69, 9.17) is 11.5 Å². The zero-order valence-electron chi connectivity index (χ0n) is 9.99. The number of nitrogens with one attached hydrogen (secondary N) is 1. The Kier molecular flexibility index (Phi) is 3.73. The number of hydrogen-bond acceptors (Lipinski definition) is 3. The molecule has 1 aromatic rings. The van der Waals surface area contributed by atoms with Crippen LogP contribution < -0.4 is 16.8 Å². The molecule has 5 nitrogen and oxygen atoms in total. The SMILES string of the molecule is CC(C)(C(=O)NCC(N)=O)c1ccc(N)cc1. The third-order valence-corrected chi connectivity index (χ3v) is 2.62. The third kappa shape index (κ3) is 3.21. The van der Waals surface area contributed by atoms with Gasteiger partial charge in [0.1, 0.15) is 0 Å². The average molecular weight is 235 g/mol. The van der Waals surface area contributed by atoms with Crippen molar-refractivity contribution in [2.45, 2.75) is 19.3 Å². The third-order valence-electron chi connectivity index (χ3n) is 2.62. The average Bonchev–Trinajstić information content (AvgIpc) is 2.26. The quantitative estimate of drug-likeness (QED) is 0.648. The van der Waals surface area contributed by atoms with Crippen LogP contribution in [-0.2, 0) is 15.0 Å². The first-order chi connectivity index (χ1) is 7.84. The second kappa shape index (κ2) is 4.86. The smallest absolute Gasteiger partial charge is 0.236 e. The Hall–Kier alpha value is -2.04. The summed E-state index contributed by atoms with van der Waals surface area (Å²) in [6.07, 6.45) is 0. The second-order valence-corrected chi connectivity index (χ2v) is 4.40. The van der Waals surface area contributed by atoms with Crippen LogP contribution in [0.25, 0.3) is 0 Å². The Labute approximate surface area is 100 Å². The molecule has 17 heavy (non-hydrogen) atoms. The lowest BCUT2D eigenvalue weighted by atomic mass is 9.83. The molecule has 0 fully saturated rings. The maximum Gasteiger partial charge on any atom is 0.236 e. The Balaban J connectivity index is 2.82. The van der Waals surface area contributed by atoms with E-state index in [0.717, 1.165) is 5.56 Å². The van der Waals surface area contributed by atoms with Crippen LogP contribution in [0, 0.1) is 0 Å². The highest BCUT2D eigenvalue weighted by Crippen LogP contribution is 2.24. The topological polar surface area (TPSA) is 98.2 Å². The van der Waals surface area contributed by atoms with E-state index in [1.165, 1.54) is 0 Å². The van der Waals surface area contributed by atoms with Gasteiger partial charge >= 0.3 is 0 Å². The molecule has 0 aliphatic carbocycles. The lowest BCUT2D eigenvalue weighted by Gasteiger charge is -2.23. The first-order valence-electron chi connectivity index (χ1n) is 5.26. The summed E-state index contributed by atoms with van der Waals surface area (Å²) in [6.45, 7) is 3.39. The standard InChI is InChI=1S/C12H17N3O2/c1-12(2,11(17)15-7-10(14)16)8-3-5-9(13)6-4-8/h3-6H,7,13H2,1-2H3,(H2,14,16)(H,15,17). The minimum atomic E-state index is -0.733. The van der Waals surface area contributed by atoms with Crippen molar-refractivity contribution in [3.05, 3.63) is 29.8 Å². The molecule has 0 spiro atoms. The number of carbonyl (C=O) groups excluding carboxylic acids is 2. The molecule has 0 bridgehead atoms. The molecule has 0 aliphatic rings. The zero-order chi connectivity index (χ0) is 13.1. The van der Waals surface area contributed by atoms with Crippen LogP contribution in [0.3, 0.4) is 0 Å². The largest absolute Gasteiger partial charge is 0.399 e. The first kappa shape index (κ1) is 13.0. The number of nitrogen functional groups attached to an aromatic ring is 1. The maximum atomic E-state index is 11.9. The van der Waals surface area contributed by atoms with E-state index in [9.17, 15) is 9.59 Å². The van der Waals surface area contributed by atoms with Crippen LogP contribution in [0.15, 0.2) is 24.3 Å². The molecule has 1 aromatic carbocycles. The van der Waals surface area contributed by atoms with Crippen LogP contribution in [0.5, 0.6) is 0 Å². The number of carbonyl (C=O) groups is 2. The molecule has 1 rings (SSSR count). The second-order valence-electron chi connectivity index (χ2n) is 4.40. The minimum Gasteiger partial charge on any atom is -0.399 e. The molecule has 0 aliphatic heterocycles. The lowest BCUT2D eigenvalue weighted by Crippen LogP contribution is -2.43. The minimum absolute atomic E-state index is 0.156. The fourth-order valence-corrected chi connectivity index (χ4v) is 1.42. The van der Waals surface area contributed by atoms with Gasteiger partial charge in [0.05, 0.1) is 12.0 Å². The van der Waals surface area contributed by atoms with E-state index >= 15 is 0 Å². The molecule has 0 aromatic heterocycles. The normalized spacial score (nSPS) is 10.9. The monoisotopic (exact) mass is 235 g/mol. The van der Waals surface area contributed by atoms with Crippen LogP contribution >= 0.6 is 0 Å². The lowest BCUT2D eigenvalue weighted by molar-refractivity contribution is -0.128. The number of anilines is 1. The molecular weight excluding hydrogens is 218 g/mol. The van der Waals surface area contributed by atoms with Gasteiger partial charge in [0.25, 0.3) is 0 Å². The summed E-state index contributed by atoms with van der Waals surface area (Å²) in [5, 5.41) is 2.49. The van der Waals surface area contributed by atoms with Gasteiger partial charge in [0, 0.05) is 5.69 Å². The number of primary amides is 1. The van der Waals surface area contributed by atoms with E-state index in [2.05, 4.69) is 5.32 Å². The van der Waals surface area contributed by atoms with Gasteiger partial charge in [0.15, 0.2) is 0 Å². The molecule has 5 heteroatoms. The summed E-state index contributed by atoms with van der Waals surface area (Å²) in [5.41, 5.74) is 11.3. The molecule has 0 atom stereocenters. The van der Waals surface area contributed by atoms with Gasteiger partial charge in [-0.3, -0.25) is 9.59 Å². The highest BCUT2D eigenvalue weighted by atomic mass is 16.2. The highest BCUT2D eigenvalue weighted by Gasteiger charge is 2.29. The molecule has 0 unspecified atom stereocenters. The van der Waals surface area contributed by atoms with Crippen molar-refractivity contribution < 1.29 is 9.59 Å². The van der Waals surface area contributed by atoms with E-state index in [0.29, 0.717) is 5.69 Å². The summed E-state index contributed by atoms with van der Waals surface area (Å²) < 4.78 is 0. The Morgan fingerprint density at radius 3 is 2.24 bits per heavy atom. The van der Waals surface area contributed by atoms with Gasteiger partial charge in [-0.1, -0.05) is 12.1 Å². The summed E-state index contributed by atoms with van der Waals surface area (Å²) in [5.74, 6) is -0.812. The predicted octanol–water partition coefficient (Wildman–Crippen LogP) is 0.148. The van der Waals surface area contributed by atoms with Crippen LogP contribution in [-0.4, -0.2) is 18.4 Å². The van der Waals surface area contributed by atoms with Gasteiger partial charge in [0.2, 0.25) is 11.8 Å². The number of benzene rings is 1. The van der Waals surface area contributed by atoms with Gasteiger partial charge in [-0.2, -0.15) is 0 Å². The van der Waals surface area contributed by atoms with Gasteiger partial charge in [-0.05, 0) is 31.5 Å². The number of amides is 2. The molecule has 0 radical (unpaired) electrons. The Bertz CT molecular complexity index is 424. The Morgan fingerprint density at radius 2 is 1.76 bits per heavy atom. The van der Waals surface area contributed by atoms with Crippen LogP contribution in [0.1, 0.15) is 19.4 Å². The maximum absolute atomic E-state index is 11.9. The van der Waals surface area contributed by atoms with Crippen molar-refractivity contribution in [3.63, 3.8) is 0 Å². The zero-order valence-corrected chi connectivity index (χ0v) is 9.99. The fourth-order valence-electron chi connectivity index (χ4n) is 1.42. The predicted molar refractivity (Wildman–Crippen MR) is 66.1 cm³/mol. The molecule has 0 saturated heterocycles.